The first-order valence-corrected chi connectivity index (χ1v) is 11.2. The molecule has 2 saturated carbocycles. The zero-order chi connectivity index (χ0) is 22.9. The Morgan fingerprint density at radius 2 is 2.15 bits per heavy atom. The first-order valence-electron chi connectivity index (χ1n) is 11.2. The molecule has 0 spiro atoms. The fourth-order valence-corrected chi connectivity index (χ4v) is 3.76. The third kappa shape index (κ3) is 4.41. The minimum absolute atomic E-state index is 0.185. The average Bonchev–Trinajstić information content (AvgIpc) is 3.54. The van der Waals surface area contributed by atoms with Crippen LogP contribution in [0.3, 0.4) is 0 Å². The highest BCUT2D eigenvalue weighted by atomic mass is 16.5. The number of pyridine rings is 1. The van der Waals surface area contributed by atoms with Gasteiger partial charge in [-0.15, -0.1) is 0 Å². The van der Waals surface area contributed by atoms with E-state index in [0.717, 1.165) is 19.3 Å². The van der Waals surface area contributed by atoms with Gasteiger partial charge in [-0.3, -0.25) is 9.59 Å². The summed E-state index contributed by atoms with van der Waals surface area (Å²) in [5, 5.41) is 23.0. The zero-order valence-corrected chi connectivity index (χ0v) is 18.3. The summed E-state index contributed by atoms with van der Waals surface area (Å²) >= 11 is 0. The Labute approximate surface area is 189 Å². The molecule has 0 radical (unpaired) electrons. The van der Waals surface area contributed by atoms with Crippen molar-refractivity contribution in [2.24, 2.45) is 0 Å². The Hall–Kier alpha value is -3.44. The number of nitrogens with one attached hydrogen (secondary N) is 3. The van der Waals surface area contributed by atoms with Crippen LogP contribution in [0.4, 0.5) is 17.3 Å². The number of ether oxygens (including phenoxy) is 1. The first kappa shape index (κ1) is 21.4. The van der Waals surface area contributed by atoms with Gasteiger partial charge in [0.05, 0.1) is 31.1 Å². The number of aliphatic hydroxyl groups excluding tert-OH is 1. The molecule has 5 rings (SSSR count). The van der Waals surface area contributed by atoms with Crippen LogP contribution >= 0.6 is 0 Å². The molecule has 3 aromatic heterocycles. The van der Waals surface area contributed by atoms with Crippen LogP contribution in [0.5, 0.6) is 0 Å². The second-order valence-corrected chi connectivity index (χ2v) is 8.41. The maximum atomic E-state index is 12.9. The Morgan fingerprint density at radius 3 is 2.85 bits per heavy atom. The predicted octanol–water partition coefficient (Wildman–Crippen LogP) is 1.11. The molecule has 4 N–H and O–H groups in total. The van der Waals surface area contributed by atoms with Crippen LogP contribution in [0.25, 0.3) is 5.65 Å². The summed E-state index contributed by atoms with van der Waals surface area (Å²) in [6.07, 6.45) is 6.59. The van der Waals surface area contributed by atoms with Crippen LogP contribution in [-0.4, -0.2) is 62.1 Å². The van der Waals surface area contributed by atoms with Gasteiger partial charge in [0.2, 0.25) is 0 Å². The Bertz CT molecular complexity index is 1230. The van der Waals surface area contributed by atoms with Gasteiger partial charge in [0, 0.05) is 25.9 Å². The number of hydrogen-bond acceptors (Lipinski definition) is 8. The SMILES string of the molecule is CNc1cc(Nc2cccn(CCOC3CC3)c2=O)nc2c(C(=O)N[C@@H]3CC[C@@H]3O)cnn12. The van der Waals surface area contributed by atoms with Crippen molar-refractivity contribution in [2.45, 2.75) is 50.5 Å². The molecule has 0 unspecified atom stereocenters. The monoisotopic (exact) mass is 453 g/mol. The average molecular weight is 454 g/mol. The van der Waals surface area contributed by atoms with Crippen LogP contribution in [0.2, 0.25) is 0 Å². The summed E-state index contributed by atoms with van der Waals surface area (Å²) in [6, 6.07) is 4.93. The lowest BCUT2D eigenvalue weighted by Crippen LogP contribution is -2.50. The van der Waals surface area contributed by atoms with Crippen molar-refractivity contribution in [3.63, 3.8) is 0 Å². The number of carbonyl (C=O) groups is 1. The van der Waals surface area contributed by atoms with Gasteiger partial charge in [-0.05, 0) is 37.8 Å². The third-order valence-electron chi connectivity index (χ3n) is 6.02. The number of aromatic nitrogens is 4. The van der Waals surface area contributed by atoms with Crippen molar-refractivity contribution in [1.29, 1.82) is 0 Å². The third-order valence-corrected chi connectivity index (χ3v) is 6.02. The van der Waals surface area contributed by atoms with E-state index in [1.807, 2.05) is 0 Å². The summed E-state index contributed by atoms with van der Waals surface area (Å²) in [5.74, 6) is 0.645. The lowest BCUT2D eigenvalue weighted by molar-refractivity contribution is 0.0448. The fraction of sp³-hybridized carbons (Fsp3) is 0.455. The molecule has 3 aromatic rings. The van der Waals surface area contributed by atoms with Gasteiger partial charge in [0.25, 0.3) is 11.5 Å². The summed E-state index contributed by atoms with van der Waals surface area (Å²) in [4.78, 5) is 30.2. The van der Waals surface area contributed by atoms with E-state index in [4.69, 9.17) is 4.74 Å². The molecule has 1 amide bonds. The Balaban J connectivity index is 1.40. The highest BCUT2D eigenvalue weighted by Gasteiger charge is 2.31. The molecule has 33 heavy (non-hydrogen) atoms. The molecule has 11 heteroatoms. The lowest BCUT2D eigenvalue weighted by Gasteiger charge is -2.32. The second kappa shape index (κ2) is 8.83. The molecule has 2 fully saturated rings. The van der Waals surface area contributed by atoms with Crippen molar-refractivity contribution in [2.75, 3.05) is 24.3 Å². The van der Waals surface area contributed by atoms with Gasteiger partial charge in [0.15, 0.2) is 5.65 Å². The fourth-order valence-electron chi connectivity index (χ4n) is 3.76. The van der Waals surface area contributed by atoms with Crippen LogP contribution < -0.4 is 21.5 Å². The van der Waals surface area contributed by atoms with E-state index in [2.05, 4.69) is 26.0 Å². The Kier molecular flexibility index (Phi) is 5.73. The maximum absolute atomic E-state index is 12.9. The van der Waals surface area contributed by atoms with Gasteiger partial charge in [-0.2, -0.15) is 9.61 Å². The molecule has 3 heterocycles. The van der Waals surface area contributed by atoms with E-state index < -0.39 is 6.10 Å². The van der Waals surface area contributed by atoms with Crippen molar-refractivity contribution in [1.82, 2.24) is 24.5 Å². The quantitative estimate of drug-likeness (QED) is 0.378. The molecule has 0 aromatic carbocycles. The van der Waals surface area contributed by atoms with Gasteiger partial charge < -0.3 is 30.4 Å². The van der Waals surface area contributed by atoms with Crippen LogP contribution in [0, 0.1) is 0 Å². The summed E-state index contributed by atoms with van der Waals surface area (Å²) in [7, 11) is 1.74. The standard InChI is InChI=1S/C22H27N7O4/c1-23-19-11-18(25-16-3-2-8-28(22(16)32)9-10-33-13-4-5-13)27-20-14(12-24-29(19)20)21(31)26-15-6-7-17(15)30/h2-3,8,11-13,15,17,23,30H,4-7,9-10H2,1H3,(H,25,27)(H,26,31)/t15-,17+/m1/s1. The van der Waals surface area contributed by atoms with Gasteiger partial charge >= 0.3 is 0 Å². The maximum Gasteiger partial charge on any atom is 0.274 e. The van der Waals surface area contributed by atoms with E-state index in [1.54, 1.807) is 36.0 Å². The molecule has 2 aliphatic rings. The number of fused-ring (bicyclic) bond motifs is 1. The number of nitrogens with zero attached hydrogens (tertiary/aromatic N) is 4. The summed E-state index contributed by atoms with van der Waals surface area (Å²) < 4.78 is 8.78. The summed E-state index contributed by atoms with van der Waals surface area (Å²) in [5.41, 5.74) is 0.808. The predicted molar refractivity (Wildman–Crippen MR) is 122 cm³/mol. The van der Waals surface area contributed by atoms with Crippen molar-refractivity contribution in [3.05, 3.63) is 46.5 Å². The van der Waals surface area contributed by atoms with Crippen LogP contribution in [-0.2, 0) is 11.3 Å². The van der Waals surface area contributed by atoms with E-state index in [9.17, 15) is 14.7 Å². The van der Waals surface area contributed by atoms with Crippen molar-refractivity contribution in [3.8, 4) is 0 Å². The zero-order valence-electron chi connectivity index (χ0n) is 18.3. The number of aliphatic hydroxyl groups is 1. The topological polar surface area (TPSA) is 135 Å². The molecular weight excluding hydrogens is 426 g/mol. The van der Waals surface area contributed by atoms with E-state index in [-0.39, 0.29) is 23.1 Å². The number of anilines is 3. The van der Waals surface area contributed by atoms with Gasteiger partial charge in [-0.25, -0.2) is 4.98 Å². The normalized spacial score (nSPS) is 19.8. The van der Waals surface area contributed by atoms with Crippen LogP contribution in [0.15, 0.2) is 35.4 Å². The molecule has 0 saturated heterocycles. The lowest BCUT2D eigenvalue weighted by atomic mass is 9.89. The summed E-state index contributed by atoms with van der Waals surface area (Å²) in [6.45, 7) is 0.963. The molecule has 0 aliphatic heterocycles. The van der Waals surface area contributed by atoms with E-state index in [0.29, 0.717) is 48.6 Å². The molecular formula is C22H27N7O4. The van der Waals surface area contributed by atoms with Crippen molar-refractivity contribution < 1.29 is 14.6 Å². The highest BCUT2D eigenvalue weighted by molar-refractivity contribution is 6.00. The minimum Gasteiger partial charge on any atom is -0.391 e. The number of amides is 1. The highest BCUT2D eigenvalue weighted by Crippen LogP contribution is 2.24. The Morgan fingerprint density at radius 1 is 1.30 bits per heavy atom. The molecule has 0 bridgehead atoms. The number of carbonyl (C=O) groups excluding carboxylic acids is 1. The number of rotatable bonds is 9. The largest absolute Gasteiger partial charge is 0.391 e. The first-order chi connectivity index (χ1) is 16.0. The van der Waals surface area contributed by atoms with Crippen LogP contribution in [0.1, 0.15) is 36.0 Å². The molecule has 11 nitrogen and oxygen atoms in total. The van der Waals surface area contributed by atoms with Gasteiger partial charge in [-0.1, -0.05) is 0 Å². The van der Waals surface area contributed by atoms with E-state index >= 15 is 0 Å². The molecule has 2 atom stereocenters. The second-order valence-electron chi connectivity index (χ2n) is 8.41. The molecule has 2 aliphatic carbocycles. The minimum atomic E-state index is -0.524. The van der Waals surface area contributed by atoms with Gasteiger partial charge in [0.1, 0.15) is 22.9 Å². The van der Waals surface area contributed by atoms with E-state index in [1.165, 1.54) is 10.7 Å². The number of hydrogen-bond donors (Lipinski definition) is 4. The van der Waals surface area contributed by atoms with Crippen molar-refractivity contribution >= 4 is 28.9 Å². The molecule has 174 valence electrons. The smallest absolute Gasteiger partial charge is 0.274 e.